The normalized spacial score (nSPS) is 15.1. The Balaban J connectivity index is 1.56. The van der Waals surface area contributed by atoms with Crippen LogP contribution in [-0.2, 0) is 31.4 Å². The number of nitrogens with one attached hydrogen (secondary N) is 1. The molecule has 2 aromatic rings. The number of carbonyl (C=O) groups is 1. The second-order valence-electron chi connectivity index (χ2n) is 7.47. The lowest BCUT2D eigenvalue weighted by Crippen LogP contribution is -2.38. The molecular weight excluding hydrogens is 454 g/mol. The van der Waals surface area contributed by atoms with Crippen LogP contribution in [0.2, 0.25) is 0 Å². The molecule has 2 aromatic carbocycles. The summed E-state index contributed by atoms with van der Waals surface area (Å²) in [6.07, 6.45) is 1.73. The number of methoxy groups -OCH3 is 1. The number of sulfonamides is 2. The Morgan fingerprint density at radius 3 is 2.09 bits per heavy atom. The Hall–Kier alpha value is -2.47. The van der Waals surface area contributed by atoms with Gasteiger partial charge in [-0.25, -0.2) is 16.8 Å². The van der Waals surface area contributed by atoms with Crippen LogP contribution in [0.25, 0.3) is 0 Å². The maximum atomic E-state index is 12.6. The Morgan fingerprint density at radius 2 is 1.53 bits per heavy atom. The zero-order chi connectivity index (χ0) is 23.4. The minimum absolute atomic E-state index is 0.0587. The number of carbonyl (C=O) groups excluding carboxylic acids is 1. The van der Waals surface area contributed by atoms with Gasteiger partial charge in [-0.05, 0) is 54.8 Å². The minimum atomic E-state index is -3.83. The third-order valence-corrected chi connectivity index (χ3v) is 8.98. The fourth-order valence-electron chi connectivity index (χ4n) is 3.33. The van der Waals surface area contributed by atoms with Crippen LogP contribution in [0.1, 0.15) is 18.4 Å². The van der Waals surface area contributed by atoms with Crippen LogP contribution in [0.5, 0.6) is 5.75 Å². The Kier molecular flexibility index (Phi) is 7.55. The first-order chi connectivity index (χ1) is 15.1. The number of amides is 1. The average Bonchev–Trinajstić information content (AvgIpc) is 3.34. The van der Waals surface area contributed by atoms with E-state index in [9.17, 15) is 21.6 Å². The smallest absolute Gasteiger partial charge is 0.243 e. The SMILES string of the molecule is COc1ccc(S(=O)(=O)N(C)CC(=O)NCc2ccc(S(=O)(=O)N3CCCC3)cc2)cc1. The van der Waals surface area contributed by atoms with Crippen molar-refractivity contribution in [2.24, 2.45) is 0 Å². The summed E-state index contributed by atoms with van der Waals surface area (Å²) in [4.78, 5) is 12.5. The highest BCUT2D eigenvalue weighted by atomic mass is 32.2. The Morgan fingerprint density at radius 1 is 0.969 bits per heavy atom. The van der Waals surface area contributed by atoms with Crippen LogP contribution in [-0.4, -0.2) is 65.1 Å². The number of hydrogen-bond donors (Lipinski definition) is 1. The van der Waals surface area contributed by atoms with Gasteiger partial charge in [0.25, 0.3) is 0 Å². The van der Waals surface area contributed by atoms with Crippen molar-refractivity contribution in [2.75, 3.05) is 33.8 Å². The number of rotatable bonds is 9. The summed E-state index contributed by atoms with van der Waals surface area (Å²) in [5, 5.41) is 2.66. The first-order valence-corrected chi connectivity index (χ1v) is 13.0. The zero-order valence-electron chi connectivity index (χ0n) is 18.0. The fourth-order valence-corrected chi connectivity index (χ4v) is 5.97. The van der Waals surface area contributed by atoms with Gasteiger partial charge in [-0.3, -0.25) is 4.79 Å². The van der Waals surface area contributed by atoms with E-state index in [0.717, 1.165) is 17.1 Å². The van der Waals surface area contributed by atoms with E-state index in [0.29, 0.717) is 24.4 Å². The van der Waals surface area contributed by atoms with Crippen molar-refractivity contribution in [3.8, 4) is 5.75 Å². The van der Waals surface area contributed by atoms with Gasteiger partial charge in [0.05, 0.1) is 23.4 Å². The van der Waals surface area contributed by atoms with E-state index in [-0.39, 0.29) is 22.9 Å². The molecule has 0 atom stereocenters. The number of nitrogens with zero attached hydrogens (tertiary/aromatic N) is 2. The number of benzene rings is 2. The number of likely N-dealkylation sites (N-methyl/N-ethyl adjacent to an activating group) is 1. The van der Waals surface area contributed by atoms with Crippen LogP contribution in [0.4, 0.5) is 0 Å². The van der Waals surface area contributed by atoms with Gasteiger partial charge in [0.2, 0.25) is 26.0 Å². The molecule has 0 aliphatic carbocycles. The van der Waals surface area contributed by atoms with E-state index in [2.05, 4.69) is 5.32 Å². The average molecular weight is 482 g/mol. The summed E-state index contributed by atoms with van der Waals surface area (Å²) < 4.78 is 57.9. The van der Waals surface area contributed by atoms with Crippen molar-refractivity contribution in [1.82, 2.24) is 13.9 Å². The van der Waals surface area contributed by atoms with Gasteiger partial charge in [0, 0.05) is 26.7 Å². The second kappa shape index (κ2) is 9.99. The molecule has 1 saturated heterocycles. The monoisotopic (exact) mass is 481 g/mol. The molecule has 0 saturated carbocycles. The first kappa shape index (κ1) is 24.2. The molecule has 11 heteroatoms. The molecular formula is C21H27N3O6S2. The van der Waals surface area contributed by atoms with Crippen molar-refractivity contribution in [2.45, 2.75) is 29.2 Å². The molecule has 1 amide bonds. The Bertz CT molecular complexity index is 1140. The molecule has 0 unspecified atom stereocenters. The zero-order valence-corrected chi connectivity index (χ0v) is 19.7. The molecule has 0 aromatic heterocycles. The van der Waals surface area contributed by atoms with Crippen molar-refractivity contribution in [3.63, 3.8) is 0 Å². The number of ether oxygens (including phenoxy) is 1. The first-order valence-electron chi connectivity index (χ1n) is 10.1. The summed E-state index contributed by atoms with van der Waals surface area (Å²) in [6.45, 7) is 0.870. The maximum Gasteiger partial charge on any atom is 0.243 e. The van der Waals surface area contributed by atoms with E-state index in [1.807, 2.05) is 0 Å². The molecule has 1 aliphatic rings. The molecule has 1 heterocycles. The molecule has 1 aliphatic heterocycles. The lowest BCUT2D eigenvalue weighted by Gasteiger charge is -2.17. The van der Waals surface area contributed by atoms with Gasteiger partial charge < -0.3 is 10.1 Å². The number of hydrogen-bond acceptors (Lipinski definition) is 6. The summed E-state index contributed by atoms with van der Waals surface area (Å²) in [6, 6.07) is 12.2. The molecule has 0 radical (unpaired) electrons. The topological polar surface area (TPSA) is 113 Å². The maximum absolute atomic E-state index is 12.6. The molecule has 3 rings (SSSR count). The van der Waals surface area contributed by atoms with E-state index in [4.69, 9.17) is 4.74 Å². The molecule has 174 valence electrons. The fraction of sp³-hybridized carbons (Fsp3) is 0.381. The van der Waals surface area contributed by atoms with Gasteiger partial charge in [-0.15, -0.1) is 0 Å². The highest BCUT2D eigenvalue weighted by molar-refractivity contribution is 7.89. The van der Waals surface area contributed by atoms with Crippen LogP contribution in [0.15, 0.2) is 58.3 Å². The van der Waals surface area contributed by atoms with Crippen LogP contribution in [0, 0.1) is 0 Å². The molecule has 1 N–H and O–H groups in total. The van der Waals surface area contributed by atoms with E-state index < -0.39 is 26.0 Å². The lowest BCUT2D eigenvalue weighted by atomic mass is 10.2. The van der Waals surface area contributed by atoms with Gasteiger partial charge in [-0.1, -0.05) is 12.1 Å². The van der Waals surface area contributed by atoms with Crippen LogP contribution in [0.3, 0.4) is 0 Å². The second-order valence-corrected chi connectivity index (χ2v) is 11.5. The quantitative estimate of drug-likeness (QED) is 0.580. The molecule has 9 nitrogen and oxygen atoms in total. The summed E-state index contributed by atoms with van der Waals surface area (Å²) >= 11 is 0. The standard InChI is InChI=1S/C21H27N3O6S2/c1-23(31(26,27)19-11-7-18(30-2)8-12-19)16-21(25)22-15-17-5-9-20(10-6-17)32(28,29)24-13-3-4-14-24/h5-12H,3-4,13-16H2,1-2H3,(H,22,25). The Labute approximate surface area is 189 Å². The lowest BCUT2D eigenvalue weighted by molar-refractivity contribution is -0.121. The van der Waals surface area contributed by atoms with Crippen molar-refractivity contribution in [1.29, 1.82) is 0 Å². The third-order valence-electron chi connectivity index (χ3n) is 5.25. The van der Waals surface area contributed by atoms with Gasteiger partial charge in [0.1, 0.15) is 5.75 Å². The van der Waals surface area contributed by atoms with Crippen molar-refractivity contribution < 1.29 is 26.4 Å². The third kappa shape index (κ3) is 5.47. The van der Waals surface area contributed by atoms with Crippen molar-refractivity contribution in [3.05, 3.63) is 54.1 Å². The summed E-state index contributed by atoms with van der Waals surface area (Å²) in [5.74, 6) is 0.0574. The van der Waals surface area contributed by atoms with Gasteiger partial charge in [-0.2, -0.15) is 8.61 Å². The summed E-state index contributed by atoms with van der Waals surface area (Å²) in [5.41, 5.74) is 0.708. The predicted octanol–water partition coefficient (Wildman–Crippen LogP) is 1.42. The van der Waals surface area contributed by atoms with E-state index >= 15 is 0 Å². The van der Waals surface area contributed by atoms with Gasteiger partial charge in [0.15, 0.2) is 0 Å². The predicted molar refractivity (Wildman–Crippen MR) is 119 cm³/mol. The summed E-state index contributed by atoms with van der Waals surface area (Å²) in [7, 11) is -4.50. The van der Waals surface area contributed by atoms with Gasteiger partial charge >= 0.3 is 0 Å². The van der Waals surface area contributed by atoms with Crippen LogP contribution >= 0.6 is 0 Å². The van der Waals surface area contributed by atoms with E-state index in [1.54, 1.807) is 12.1 Å². The highest BCUT2D eigenvalue weighted by Crippen LogP contribution is 2.21. The van der Waals surface area contributed by atoms with E-state index in [1.165, 1.54) is 54.9 Å². The molecule has 0 spiro atoms. The highest BCUT2D eigenvalue weighted by Gasteiger charge is 2.27. The molecule has 0 bridgehead atoms. The van der Waals surface area contributed by atoms with Crippen molar-refractivity contribution >= 4 is 26.0 Å². The van der Waals surface area contributed by atoms with Crippen LogP contribution < -0.4 is 10.1 Å². The molecule has 1 fully saturated rings. The largest absolute Gasteiger partial charge is 0.497 e. The molecule has 32 heavy (non-hydrogen) atoms. The minimum Gasteiger partial charge on any atom is -0.497 e.